The van der Waals surface area contributed by atoms with E-state index in [-0.39, 0.29) is 5.41 Å². The maximum absolute atomic E-state index is 5.54. The molecule has 0 aliphatic carbocycles. The van der Waals surface area contributed by atoms with Crippen molar-refractivity contribution in [2.24, 2.45) is 0 Å². The lowest BCUT2D eigenvalue weighted by atomic mass is 9.84. The molecule has 0 aliphatic rings. The second-order valence-electron chi connectivity index (χ2n) is 5.35. The normalized spacial score (nSPS) is 11.8. The zero-order valence-corrected chi connectivity index (χ0v) is 13.5. The summed E-state index contributed by atoms with van der Waals surface area (Å²) in [5.74, 6) is 1.54. The van der Waals surface area contributed by atoms with E-state index in [1.165, 1.54) is 0 Å². The molecule has 0 atom stereocenters. The standard InChI is InChI=1S/C15H14BrN3O2/c1-9-8-11(20-12(9)16)13-18-14(19-21-13)15(2,3)10-4-6-17-7-5-10/h4-8H,1-3H3. The summed E-state index contributed by atoms with van der Waals surface area (Å²) in [5, 5.41) is 4.10. The lowest BCUT2D eigenvalue weighted by molar-refractivity contribution is 0.396. The molecule has 0 fully saturated rings. The Morgan fingerprint density at radius 1 is 1.19 bits per heavy atom. The summed E-state index contributed by atoms with van der Waals surface area (Å²) in [4.78, 5) is 8.50. The van der Waals surface area contributed by atoms with Gasteiger partial charge >= 0.3 is 0 Å². The Balaban J connectivity index is 1.98. The molecule has 0 aromatic carbocycles. The smallest absolute Gasteiger partial charge is 0.293 e. The summed E-state index contributed by atoms with van der Waals surface area (Å²) < 4.78 is 11.5. The first kappa shape index (κ1) is 14.0. The highest BCUT2D eigenvalue weighted by Crippen LogP contribution is 2.32. The molecule has 6 heteroatoms. The Labute approximate surface area is 130 Å². The van der Waals surface area contributed by atoms with Crippen molar-refractivity contribution in [3.63, 3.8) is 0 Å². The summed E-state index contributed by atoms with van der Waals surface area (Å²) >= 11 is 3.33. The van der Waals surface area contributed by atoms with Gasteiger partial charge in [0, 0.05) is 18.0 Å². The maximum atomic E-state index is 5.54. The highest BCUT2D eigenvalue weighted by molar-refractivity contribution is 9.10. The minimum Gasteiger partial charge on any atom is -0.444 e. The van der Waals surface area contributed by atoms with Crippen molar-refractivity contribution in [2.45, 2.75) is 26.2 Å². The number of nitrogens with zero attached hydrogens (tertiary/aromatic N) is 3. The van der Waals surface area contributed by atoms with Crippen molar-refractivity contribution < 1.29 is 8.94 Å². The topological polar surface area (TPSA) is 65.0 Å². The molecule has 5 nitrogen and oxygen atoms in total. The molecule has 21 heavy (non-hydrogen) atoms. The van der Waals surface area contributed by atoms with Crippen molar-refractivity contribution in [3.05, 3.63) is 52.2 Å². The molecule has 0 amide bonds. The van der Waals surface area contributed by atoms with E-state index >= 15 is 0 Å². The van der Waals surface area contributed by atoms with Gasteiger partial charge in [0.05, 0.1) is 5.41 Å². The molecule has 3 heterocycles. The maximum Gasteiger partial charge on any atom is 0.293 e. The number of aromatic nitrogens is 3. The van der Waals surface area contributed by atoms with Gasteiger partial charge in [-0.2, -0.15) is 4.98 Å². The lowest BCUT2D eigenvalue weighted by Crippen LogP contribution is -2.20. The van der Waals surface area contributed by atoms with E-state index in [0.29, 0.717) is 22.1 Å². The Hall–Kier alpha value is -1.95. The minimum absolute atomic E-state index is 0.371. The molecular weight excluding hydrogens is 334 g/mol. The summed E-state index contributed by atoms with van der Waals surface area (Å²) in [6.45, 7) is 6.02. The highest BCUT2D eigenvalue weighted by Gasteiger charge is 2.29. The monoisotopic (exact) mass is 347 g/mol. The third-order valence-electron chi connectivity index (χ3n) is 3.46. The quantitative estimate of drug-likeness (QED) is 0.712. The molecule has 0 bridgehead atoms. The van der Waals surface area contributed by atoms with Gasteiger partial charge in [-0.3, -0.25) is 4.98 Å². The average Bonchev–Trinajstić information content (AvgIpc) is 3.08. The largest absolute Gasteiger partial charge is 0.444 e. The molecule has 108 valence electrons. The molecule has 0 radical (unpaired) electrons. The van der Waals surface area contributed by atoms with Crippen LogP contribution in [0.2, 0.25) is 0 Å². The van der Waals surface area contributed by atoms with Gasteiger partial charge in [0.25, 0.3) is 5.89 Å². The fourth-order valence-electron chi connectivity index (χ4n) is 2.04. The first-order valence-corrected chi connectivity index (χ1v) is 7.29. The van der Waals surface area contributed by atoms with Crippen LogP contribution in [0.3, 0.4) is 0 Å². The number of hydrogen-bond donors (Lipinski definition) is 0. The highest BCUT2D eigenvalue weighted by atomic mass is 79.9. The number of aryl methyl sites for hydroxylation is 1. The zero-order chi connectivity index (χ0) is 15.0. The summed E-state index contributed by atoms with van der Waals surface area (Å²) in [6, 6.07) is 5.76. The van der Waals surface area contributed by atoms with Crippen LogP contribution in [0.15, 0.2) is 44.2 Å². The average molecular weight is 348 g/mol. The van der Waals surface area contributed by atoms with E-state index in [0.717, 1.165) is 11.1 Å². The molecule has 3 aromatic rings. The predicted octanol–water partition coefficient (Wildman–Crippen LogP) is 4.12. The van der Waals surface area contributed by atoms with Crippen LogP contribution in [0.25, 0.3) is 11.7 Å². The number of hydrogen-bond acceptors (Lipinski definition) is 5. The zero-order valence-electron chi connectivity index (χ0n) is 11.9. The van der Waals surface area contributed by atoms with Crippen molar-refractivity contribution in [1.29, 1.82) is 0 Å². The number of halogens is 1. The molecule has 3 aromatic heterocycles. The fourth-order valence-corrected chi connectivity index (χ4v) is 2.33. The third kappa shape index (κ3) is 2.51. The SMILES string of the molecule is Cc1cc(-c2nc(C(C)(C)c3ccncc3)no2)oc1Br. The molecule has 0 aliphatic heterocycles. The van der Waals surface area contributed by atoms with Crippen molar-refractivity contribution in [3.8, 4) is 11.7 Å². The third-order valence-corrected chi connectivity index (χ3v) is 4.24. The van der Waals surface area contributed by atoms with Gasteiger partial charge in [0.2, 0.25) is 0 Å². The van der Waals surface area contributed by atoms with E-state index in [4.69, 9.17) is 8.94 Å². The van der Waals surface area contributed by atoms with E-state index in [1.807, 2.05) is 39.0 Å². The molecule has 0 spiro atoms. The summed E-state index contributed by atoms with van der Waals surface area (Å²) in [7, 11) is 0. The van der Waals surface area contributed by atoms with Crippen molar-refractivity contribution in [2.75, 3.05) is 0 Å². The second-order valence-corrected chi connectivity index (χ2v) is 6.07. The molecule has 0 N–H and O–H groups in total. The predicted molar refractivity (Wildman–Crippen MR) is 80.8 cm³/mol. The van der Waals surface area contributed by atoms with E-state index in [1.54, 1.807) is 12.4 Å². The van der Waals surface area contributed by atoms with Crippen LogP contribution in [-0.4, -0.2) is 15.1 Å². The van der Waals surface area contributed by atoms with E-state index in [2.05, 4.69) is 31.1 Å². The molecular formula is C15H14BrN3O2. The van der Waals surface area contributed by atoms with Crippen molar-refractivity contribution in [1.82, 2.24) is 15.1 Å². The van der Waals surface area contributed by atoms with Crippen LogP contribution in [-0.2, 0) is 5.41 Å². The van der Waals surface area contributed by atoms with Gasteiger partial charge < -0.3 is 8.94 Å². The van der Waals surface area contributed by atoms with E-state index in [9.17, 15) is 0 Å². The Bertz CT molecular complexity index is 743. The van der Waals surface area contributed by atoms with Crippen LogP contribution >= 0.6 is 15.9 Å². The van der Waals surface area contributed by atoms with Gasteiger partial charge in [-0.1, -0.05) is 5.16 Å². The van der Waals surface area contributed by atoms with Gasteiger partial charge in [-0.25, -0.2) is 0 Å². The van der Waals surface area contributed by atoms with Gasteiger partial charge in [-0.15, -0.1) is 0 Å². The first-order chi connectivity index (χ1) is 9.98. The van der Waals surface area contributed by atoms with Gasteiger partial charge in [-0.05, 0) is 60.5 Å². The van der Waals surface area contributed by atoms with Crippen LogP contribution < -0.4 is 0 Å². The van der Waals surface area contributed by atoms with Crippen LogP contribution in [0.1, 0.15) is 30.8 Å². The van der Waals surface area contributed by atoms with Gasteiger partial charge in [0.1, 0.15) is 0 Å². The van der Waals surface area contributed by atoms with E-state index < -0.39 is 0 Å². The molecule has 3 rings (SSSR count). The Kier molecular flexibility index (Phi) is 3.41. The van der Waals surface area contributed by atoms with Crippen molar-refractivity contribution >= 4 is 15.9 Å². The van der Waals surface area contributed by atoms with Gasteiger partial charge in [0.15, 0.2) is 16.3 Å². The number of furan rings is 1. The molecule has 0 unspecified atom stereocenters. The lowest BCUT2D eigenvalue weighted by Gasteiger charge is -2.20. The fraction of sp³-hybridized carbons (Fsp3) is 0.267. The number of pyridine rings is 1. The second kappa shape index (κ2) is 5.11. The summed E-state index contributed by atoms with van der Waals surface area (Å²) in [6.07, 6.45) is 3.51. The Morgan fingerprint density at radius 3 is 2.52 bits per heavy atom. The summed E-state index contributed by atoms with van der Waals surface area (Å²) in [5.41, 5.74) is 1.68. The Morgan fingerprint density at radius 2 is 1.90 bits per heavy atom. The molecule has 0 saturated heterocycles. The first-order valence-electron chi connectivity index (χ1n) is 6.49. The number of rotatable bonds is 3. The van der Waals surface area contributed by atoms with Crippen LogP contribution in [0, 0.1) is 6.92 Å². The van der Waals surface area contributed by atoms with Crippen LogP contribution in [0.5, 0.6) is 0 Å². The molecule has 0 saturated carbocycles. The van der Waals surface area contributed by atoms with Crippen LogP contribution in [0.4, 0.5) is 0 Å². The minimum atomic E-state index is -0.371.